The minimum atomic E-state index is 0.675. The summed E-state index contributed by atoms with van der Waals surface area (Å²) < 4.78 is 0. The Labute approximate surface area is 105 Å². The van der Waals surface area contributed by atoms with E-state index in [9.17, 15) is 0 Å². The summed E-state index contributed by atoms with van der Waals surface area (Å²) in [5.41, 5.74) is 5.02. The molecule has 1 saturated heterocycles. The Morgan fingerprint density at radius 1 is 1.12 bits per heavy atom. The molecule has 2 unspecified atom stereocenters. The fourth-order valence-corrected chi connectivity index (χ4v) is 2.71. The molecule has 1 aliphatic rings. The minimum absolute atomic E-state index is 0.675. The standard InChI is InChI=1S/C15H24N2/c1-13-7-6-8-14(2)17(13)16-12-11-15-9-4-3-5-10-15/h3-5,9-10,13-14,16H,6-8,11-12H2,1-2H3. The first-order valence-corrected chi connectivity index (χ1v) is 6.83. The highest BCUT2D eigenvalue weighted by Crippen LogP contribution is 2.20. The van der Waals surface area contributed by atoms with E-state index in [4.69, 9.17) is 0 Å². The van der Waals surface area contributed by atoms with Gasteiger partial charge in [-0.15, -0.1) is 0 Å². The second-order valence-corrected chi connectivity index (χ2v) is 5.18. The van der Waals surface area contributed by atoms with Crippen LogP contribution in [0.5, 0.6) is 0 Å². The molecule has 17 heavy (non-hydrogen) atoms. The largest absolute Gasteiger partial charge is 0.254 e. The van der Waals surface area contributed by atoms with Crippen LogP contribution < -0.4 is 5.43 Å². The highest BCUT2D eigenvalue weighted by molar-refractivity contribution is 5.14. The van der Waals surface area contributed by atoms with Crippen LogP contribution in [0.2, 0.25) is 0 Å². The number of hydrogen-bond donors (Lipinski definition) is 1. The molecule has 0 aromatic heterocycles. The molecule has 0 bridgehead atoms. The molecule has 2 atom stereocenters. The molecule has 2 rings (SSSR count). The maximum Gasteiger partial charge on any atom is 0.0218 e. The van der Waals surface area contributed by atoms with Crippen LogP contribution in [-0.2, 0) is 6.42 Å². The van der Waals surface area contributed by atoms with Gasteiger partial charge in [0.15, 0.2) is 0 Å². The summed E-state index contributed by atoms with van der Waals surface area (Å²) in [5, 5.41) is 2.45. The van der Waals surface area contributed by atoms with E-state index in [1.165, 1.54) is 24.8 Å². The average Bonchev–Trinajstić information content (AvgIpc) is 2.34. The van der Waals surface area contributed by atoms with Crippen LogP contribution in [0.15, 0.2) is 30.3 Å². The lowest BCUT2D eigenvalue weighted by Gasteiger charge is -2.39. The minimum Gasteiger partial charge on any atom is -0.254 e. The number of rotatable bonds is 4. The molecule has 0 spiro atoms. The van der Waals surface area contributed by atoms with Crippen molar-refractivity contribution in [1.82, 2.24) is 10.4 Å². The number of benzene rings is 1. The van der Waals surface area contributed by atoms with Crippen molar-refractivity contribution in [2.75, 3.05) is 6.54 Å². The van der Waals surface area contributed by atoms with Crippen LogP contribution in [0.25, 0.3) is 0 Å². The number of hydrazine groups is 1. The number of piperidine rings is 1. The summed E-state index contributed by atoms with van der Waals surface area (Å²) in [6.07, 6.45) is 5.13. The zero-order valence-corrected chi connectivity index (χ0v) is 11.0. The maximum absolute atomic E-state index is 3.60. The van der Waals surface area contributed by atoms with Gasteiger partial charge in [-0.2, -0.15) is 0 Å². The smallest absolute Gasteiger partial charge is 0.0218 e. The quantitative estimate of drug-likeness (QED) is 0.858. The van der Waals surface area contributed by atoms with Crippen molar-refractivity contribution in [2.45, 2.75) is 51.6 Å². The Morgan fingerprint density at radius 2 is 1.76 bits per heavy atom. The maximum atomic E-state index is 3.60. The molecule has 0 saturated carbocycles. The lowest BCUT2D eigenvalue weighted by molar-refractivity contribution is 0.0470. The van der Waals surface area contributed by atoms with Gasteiger partial charge in [-0.25, -0.2) is 5.01 Å². The molecule has 1 heterocycles. The number of nitrogens with zero attached hydrogens (tertiary/aromatic N) is 1. The van der Waals surface area contributed by atoms with Gasteiger partial charge in [-0.3, -0.25) is 5.43 Å². The normalized spacial score (nSPS) is 26.0. The molecule has 0 aliphatic carbocycles. The molecule has 1 N–H and O–H groups in total. The first-order valence-electron chi connectivity index (χ1n) is 6.83. The molecular weight excluding hydrogens is 208 g/mol. The van der Waals surface area contributed by atoms with Gasteiger partial charge in [0.05, 0.1) is 0 Å². The van der Waals surface area contributed by atoms with Crippen molar-refractivity contribution < 1.29 is 0 Å². The van der Waals surface area contributed by atoms with E-state index in [2.05, 4.69) is 54.6 Å². The van der Waals surface area contributed by atoms with E-state index in [1.807, 2.05) is 0 Å². The van der Waals surface area contributed by atoms with Gasteiger partial charge < -0.3 is 0 Å². The van der Waals surface area contributed by atoms with E-state index in [0.717, 1.165) is 13.0 Å². The van der Waals surface area contributed by atoms with Crippen molar-refractivity contribution in [3.05, 3.63) is 35.9 Å². The van der Waals surface area contributed by atoms with Crippen molar-refractivity contribution >= 4 is 0 Å². The van der Waals surface area contributed by atoms with Crippen LogP contribution in [0, 0.1) is 0 Å². The summed E-state index contributed by atoms with van der Waals surface area (Å²) in [7, 11) is 0. The zero-order valence-electron chi connectivity index (χ0n) is 11.0. The summed E-state index contributed by atoms with van der Waals surface area (Å²) in [5.74, 6) is 0. The van der Waals surface area contributed by atoms with Crippen LogP contribution in [0.3, 0.4) is 0 Å². The van der Waals surface area contributed by atoms with Gasteiger partial charge in [-0.1, -0.05) is 36.8 Å². The topological polar surface area (TPSA) is 15.3 Å². The first kappa shape index (κ1) is 12.6. The summed E-state index contributed by atoms with van der Waals surface area (Å²) in [6.45, 7) is 5.69. The molecule has 1 fully saturated rings. The molecule has 2 nitrogen and oxygen atoms in total. The fourth-order valence-electron chi connectivity index (χ4n) is 2.71. The Hall–Kier alpha value is -0.860. The lowest BCUT2D eigenvalue weighted by Crippen LogP contribution is -2.52. The zero-order chi connectivity index (χ0) is 12.1. The average molecular weight is 232 g/mol. The van der Waals surface area contributed by atoms with Gasteiger partial charge in [0.25, 0.3) is 0 Å². The predicted molar refractivity (Wildman–Crippen MR) is 72.8 cm³/mol. The highest BCUT2D eigenvalue weighted by Gasteiger charge is 2.23. The molecule has 94 valence electrons. The van der Waals surface area contributed by atoms with Crippen LogP contribution in [0.4, 0.5) is 0 Å². The van der Waals surface area contributed by atoms with Crippen LogP contribution in [0.1, 0.15) is 38.7 Å². The molecule has 0 radical (unpaired) electrons. The number of hydrogen-bond acceptors (Lipinski definition) is 2. The van der Waals surface area contributed by atoms with E-state index in [-0.39, 0.29) is 0 Å². The van der Waals surface area contributed by atoms with E-state index >= 15 is 0 Å². The lowest BCUT2D eigenvalue weighted by atomic mass is 10.00. The molecule has 2 heteroatoms. The summed E-state index contributed by atoms with van der Waals surface area (Å²) in [4.78, 5) is 0. The molecule has 1 aromatic carbocycles. The molecule has 1 aliphatic heterocycles. The van der Waals surface area contributed by atoms with Gasteiger partial charge in [0, 0.05) is 18.6 Å². The Morgan fingerprint density at radius 3 is 2.41 bits per heavy atom. The van der Waals surface area contributed by atoms with Crippen molar-refractivity contribution in [3.8, 4) is 0 Å². The predicted octanol–water partition coefficient (Wildman–Crippen LogP) is 3.00. The monoisotopic (exact) mass is 232 g/mol. The third-order valence-corrected chi connectivity index (χ3v) is 3.74. The van der Waals surface area contributed by atoms with E-state index in [0.29, 0.717) is 12.1 Å². The third kappa shape index (κ3) is 3.55. The second kappa shape index (κ2) is 6.18. The van der Waals surface area contributed by atoms with Crippen LogP contribution in [-0.4, -0.2) is 23.6 Å². The summed E-state index contributed by atoms with van der Waals surface area (Å²) in [6, 6.07) is 12.0. The number of nitrogens with one attached hydrogen (secondary N) is 1. The van der Waals surface area contributed by atoms with Crippen LogP contribution >= 0.6 is 0 Å². The van der Waals surface area contributed by atoms with Gasteiger partial charge in [0.2, 0.25) is 0 Å². The molecular formula is C15H24N2. The van der Waals surface area contributed by atoms with E-state index < -0.39 is 0 Å². The third-order valence-electron chi connectivity index (χ3n) is 3.74. The van der Waals surface area contributed by atoms with Crippen molar-refractivity contribution in [1.29, 1.82) is 0 Å². The molecule has 0 amide bonds. The molecule has 1 aromatic rings. The highest BCUT2D eigenvalue weighted by atomic mass is 15.5. The Kier molecular flexibility index (Phi) is 4.57. The van der Waals surface area contributed by atoms with Gasteiger partial charge in [0.1, 0.15) is 0 Å². The van der Waals surface area contributed by atoms with E-state index in [1.54, 1.807) is 0 Å². The Bertz CT molecular complexity index is 313. The Balaban J connectivity index is 1.77. The fraction of sp³-hybridized carbons (Fsp3) is 0.600. The van der Waals surface area contributed by atoms with Crippen molar-refractivity contribution in [3.63, 3.8) is 0 Å². The first-order chi connectivity index (χ1) is 8.27. The van der Waals surface area contributed by atoms with Gasteiger partial charge >= 0.3 is 0 Å². The van der Waals surface area contributed by atoms with Gasteiger partial charge in [-0.05, 0) is 38.7 Å². The van der Waals surface area contributed by atoms with Crippen molar-refractivity contribution in [2.24, 2.45) is 0 Å². The second-order valence-electron chi connectivity index (χ2n) is 5.18. The summed E-state index contributed by atoms with van der Waals surface area (Å²) >= 11 is 0. The SMILES string of the molecule is CC1CCCC(C)N1NCCc1ccccc1.